The highest BCUT2D eigenvalue weighted by Crippen LogP contribution is 2.47. The maximum atomic E-state index is 12.4. The quantitative estimate of drug-likeness (QED) is 0.887. The molecule has 0 aromatic heterocycles. The van der Waals surface area contributed by atoms with Gasteiger partial charge in [-0.3, -0.25) is 0 Å². The van der Waals surface area contributed by atoms with Crippen LogP contribution in [0, 0.1) is 0 Å². The highest BCUT2D eigenvalue weighted by Gasteiger charge is 2.36. The summed E-state index contributed by atoms with van der Waals surface area (Å²) < 4.78 is 51.2. The fourth-order valence-electron chi connectivity index (χ4n) is 2.76. The molecule has 1 aliphatic heterocycles. The minimum Gasteiger partial charge on any atom is -0.371 e. The van der Waals surface area contributed by atoms with E-state index in [0.29, 0.717) is 23.3 Å². The third kappa shape index (κ3) is 2.13. The Morgan fingerprint density at radius 3 is 2.55 bits per heavy atom. The Morgan fingerprint density at radius 2 is 1.85 bits per heavy atom. The van der Waals surface area contributed by atoms with E-state index in [1.54, 1.807) is 0 Å². The number of fused-ring (bicyclic) bond motifs is 2. The number of hydrogen-bond donors (Lipinski definition) is 1. The molecule has 0 amide bonds. The Bertz CT molecular complexity index is 821. The van der Waals surface area contributed by atoms with Crippen LogP contribution in [0.3, 0.4) is 0 Å². The van der Waals surface area contributed by atoms with E-state index in [9.17, 15) is 16.8 Å². The number of rotatable bonds is 2. The molecule has 20 heavy (non-hydrogen) atoms. The fraction of sp³-hybridized carbons (Fsp3) is 0.333. The van der Waals surface area contributed by atoms with Crippen LogP contribution in [0.1, 0.15) is 31.2 Å². The zero-order chi connectivity index (χ0) is 14.5. The van der Waals surface area contributed by atoms with Crippen molar-refractivity contribution < 1.29 is 21.0 Å². The molecular weight excluding hydrogens is 302 g/mol. The predicted octanol–water partition coefficient (Wildman–Crippen LogP) is 1.34. The third-order valence-electron chi connectivity index (χ3n) is 3.52. The van der Waals surface area contributed by atoms with Crippen LogP contribution in [0.5, 0.6) is 5.75 Å². The summed E-state index contributed by atoms with van der Waals surface area (Å²) in [4.78, 5) is 0.692. The fourth-order valence-corrected chi connectivity index (χ4v) is 5.06. The molecule has 0 unspecified atom stereocenters. The van der Waals surface area contributed by atoms with Crippen LogP contribution in [0.25, 0.3) is 5.57 Å². The van der Waals surface area contributed by atoms with E-state index in [2.05, 4.69) is 4.18 Å². The van der Waals surface area contributed by atoms with Crippen molar-refractivity contribution in [1.82, 2.24) is 0 Å². The van der Waals surface area contributed by atoms with Crippen LogP contribution in [0.2, 0.25) is 0 Å². The van der Waals surface area contributed by atoms with Crippen molar-refractivity contribution in [3.63, 3.8) is 0 Å². The number of nitrogens with two attached hydrogens (primary N) is 1. The Morgan fingerprint density at radius 1 is 1.15 bits per heavy atom. The summed E-state index contributed by atoms with van der Waals surface area (Å²) in [5, 5.41) is 4.82. The summed E-state index contributed by atoms with van der Waals surface area (Å²) in [5.74, 6) is 0.0285. The van der Waals surface area contributed by atoms with Crippen LogP contribution in [0.4, 0.5) is 0 Å². The minimum absolute atomic E-state index is 0.0285. The second-order valence-electron chi connectivity index (χ2n) is 4.85. The van der Waals surface area contributed by atoms with Crippen LogP contribution in [0.15, 0.2) is 28.0 Å². The maximum Gasteiger partial charge on any atom is 0.380 e. The van der Waals surface area contributed by atoms with E-state index < -0.39 is 20.1 Å². The average Bonchev–Trinajstić information content (AvgIpc) is 2.57. The van der Waals surface area contributed by atoms with Gasteiger partial charge in [0.15, 0.2) is 0 Å². The van der Waals surface area contributed by atoms with Crippen LogP contribution in [-0.2, 0) is 20.1 Å². The van der Waals surface area contributed by atoms with Crippen molar-refractivity contribution in [3.8, 4) is 5.75 Å². The molecule has 0 radical (unpaired) electrons. The smallest absolute Gasteiger partial charge is 0.371 e. The number of allylic oxidation sites excluding steroid dienone is 2. The van der Waals surface area contributed by atoms with Gasteiger partial charge in [0, 0.05) is 5.56 Å². The lowest BCUT2D eigenvalue weighted by Crippen LogP contribution is -2.19. The molecule has 1 heterocycles. The largest absolute Gasteiger partial charge is 0.380 e. The summed E-state index contributed by atoms with van der Waals surface area (Å²) in [6.45, 7) is 0. The number of benzene rings is 1. The van der Waals surface area contributed by atoms with Crippen LogP contribution in [-0.4, -0.2) is 16.8 Å². The van der Waals surface area contributed by atoms with Crippen molar-refractivity contribution in [2.45, 2.75) is 30.6 Å². The monoisotopic (exact) mass is 315 g/mol. The molecule has 0 spiro atoms. The minimum atomic E-state index is -4.12. The predicted molar refractivity (Wildman–Crippen MR) is 72.8 cm³/mol. The molecule has 0 saturated carbocycles. The summed E-state index contributed by atoms with van der Waals surface area (Å²) in [6.07, 6.45) is 3.00. The van der Waals surface area contributed by atoms with Crippen LogP contribution >= 0.6 is 0 Å². The lowest BCUT2D eigenvalue weighted by atomic mass is 9.94. The normalized spacial score (nSPS) is 20.4. The first kappa shape index (κ1) is 13.6. The van der Waals surface area contributed by atoms with Gasteiger partial charge in [-0.15, -0.1) is 0 Å². The molecular formula is C12H13NO5S2. The summed E-state index contributed by atoms with van der Waals surface area (Å²) in [5.41, 5.74) is 1.33. The Labute approximate surface area is 117 Å². The van der Waals surface area contributed by atoms with Gasteiger partial charge in [-0.05, 0) is 49.5 Å². The van der Waals surface area contributed by atoms with Crippen molar-refractivity contribution >= 4 is 25.7 Å². The standard InChI is InChI=1S/C12H13NO5S2/c13-20(16,17)18-8-5-6-12-10(7-8)9-3-1-2-4-11(9)19(12,14)15/h5-7H,1-4H2,(H2,13,16,17). The summed E-state index contributed by atoms with van der Waals surface area (Å²) >= 11 is 0. The summed E-state index contributed by atoms with van der Waals surface area (Å²) in [7, 11) is -7.54. The molecule has 0 bridgehead atoms. The van der Waals surface area contributed by atoms with Gasteiger partial charge in [-0.1, -0.05) is 0 Å². The summed E-state index contributed by atoms with van der Waals surface area (Å²) in [6, 6.07) is 4.12. The molecule has 3 rings (SSSR count). The third-order valence-corrected chi connectivity index (χ3v) is 5.98. The number of hydrogen-bond acceptors (Lipinski definition) is 5. The van der Waals surface area contributed by atoms with E-state index in [-0.39, 0.29) is 10.6 Å². The van der Waals surface area contributed by atoms with E-state index in [1.807, 2.05) is 0 Å². The Balaban J connectivity index is 2.16. The molecule has 2 aliphatic rings. The molecule has 1 aliphatic carbocycles. The molecule has 0 saturated heterocycles. The first-order chi connectivity index (χ1) is 9.29. The molecule has 2 N–H and O–H groups in total. The SMILES string of the molecule is NS(=O)(=O)Oc1ccc2c(c1)C1=C(CCCC1)S2(=O)=O. The second kappa shape index (κ2) is 4.31. The van der Waals surface area contributed by atoms with E-state index in [1.165, 1.54) is 18.2 Å². The van der Waals surface area contributed by atoms with E-state index in [4.69, 9.17) is 5.14 Å². The number of sulfone groups is 1. The molecule has 0 fully saturated rings. The molecule has 8 heteroatoms. The maximum absolute atomic E-state index is 12.4. The zero-order valence-corrected chi connectivity index (χ0v) is 12.1. The van der Waals surface area contributed by atoms with Gasteiger partial charge in [-0.2, -0.15) is 13.6 Å². The van der Waals surface area contributed by atoms with Crippen molar-refractivity contribution in [2.24, 2.45) is 5.14 Å². The van der Waals surface area contributed by atoms with Gasteiger partial charge in [0.2, 0.25) is 9.84 Å². The molecule has 108 valence electrons. The van der Waals surface area contributed by atoms with Gasteiger partial charge in [0.1, 0.15) is 5.75 Å². The lowest BCUT2D eigenvalue weighted by molar-refractivity contribution is 0.487. The first-order valence-corrected chi connectivity index (χ1v) is 9.08. The van der Waals surface area contributed by atoms with Crippen molar-refractivity contribution in [2.75, 3.05) is 0 Å². The molecule has 0 atom stereocenters. The highest BCUT2D eigenvalue weighted by atomic mass is 32.2. The Kier molecular flexibility index (Phi) is 2.93. The molecule has 1 aromatic rings. The van der Waals surface area contributed by atoms with Gasteiger partial charge in [0.25, 0.3) is 0 Å². The second-order valence-corrected chi connectivity index (χ2v) is 7.94. The Hall–Kier alpha value is -1.38. The zero-order valence-electron chi connectivity index (χ0n) is 10.5. The van der Waals surface area contributed by atoms with Crippen molar-refractivity contribution in [3.05, 3.63) is 28.7 Å². The molecule has 6 nitrogen and oxygen atoms in total. The van der Waals surface area contributed by atoms with Crippen LogP contribution < -0.4 is 9.32 Å². The lowest BCUT2D eigenvalue weighted by Gasteiger charge is -2.12. The molecule has 1 aromatic carbocycles. The van der Waals surface area contributed by atoms with E-state index in [0.717, 1.165) is 18.4 Å². The van der Waals surface area contributed by atoms with Gasteiger partial charge >= 0.3 is 10.3 Å². The highest BCUT2D eigenvalue weighted by molar-refractivity contribution is 7.96. The average molecular weight is 315 g/mol. The van der Waals surface area contributed by atoms with Crippen molar-refractivity contribution in [1.29, 1.82) is 0 Å². The van der Waals surface area contributed by atoms with Gasteiger partial charge in [0.05, 0.1) is 9.80 Å². The van der Waals surface area contributed by atoms with E-state index >= 15 is 0 Å². The van der Waals surface area contributed by atoms with Gasteiger partial charge in [-0.25, -0.2) is 8.42 Å². The topological polar surface area (TPSA) is 104 Å². The van der Waals surface area contributed by atoms with Gasteiger partial charge < -0.3 is 4.18 Å². The first-order valence-electron chi connectivity index (χ1n) is 6.13.